The van der Waals surface area contributed by atoms with E-state index >= 15 is 0 Å². The maximum absolute atomic E-state index is 12.3. The van der Waals surface area contributed by atoms with E-state index in [0.717, 1.165) is 32.5 Å². The lowest BCUT2D eigenvalue weighted by Crippen LogP contribution is -2.41. The zero-order valence-corrected chi connectivity index (χ0v) is 15.6. The van der Waals surface area contributed by atoms with Gasteiger partial charge in [0.15, 0.2) is 0 Å². The fraction of sp³-hybridized carbons (Fsp3) is 0.455. The first-order chi connectivity index (χ1) is 13.7. The van der Waals surface area contributed by atoms with Crippen molar-refractivity contribution < 1.29 is 13.9 Å². The topological polar surface area (TPSA) is 78.5 Å². The fourth-order valence-corrected chi connectivity index (χ4v) is 5.33. The Kier molecular flexibility index (Phi) is 4.22. The van der Waals surface area contributed by atoms with E-state index in [1.54, 1.807) is 6.07 Å². The first-order valence-electron chi connectivity index (χ1n) is 9.86. The molecule has 6 nitrogen and oxygen atoms in total. The summed E-state index contributed by atoms with van der Waals surface area (Å²) in [6.45, 7) is 3.45. The molecule has 4 heterocycles. The van der Waals surface area contributed by atoms with Crippen LogP contribution >= 0.6 is 0 Å². The molecule has 3 fully saturated rings. The summed E-state index contributed by atoms with van der Waals surface area (Å²) < 4.78 is 11.5. The maximum atomic E-state index is 12.3. The van der Waals surface area contributed by atoms with Crippen molar-refractivity contribution in [3.05, 3.63) is 59.5 Å². The average molecular weight is 377 g/mol. The predicted molar refractivity (Wildman–Crippen MR) is 101 cm³/mol. The number of hydrogen-bond acceptors (Lipinski definition) is 5. The Labute approximate surface area is 164 Å². The van der Waals surface area contributed by atoms with Crippen molar-refractivity contribution >= 4 is 5.91 Å². The molecule has 0 radical (unpaired) electrons. The molecule has 5 rings (SSSR count). The molecule has 0 unspecified atom stereocenters. The molecular weight excluding hydrogens is 354 g/mol. The van der Waals surface area contributed by atoms with Gasteiger partial charge < -0.3 is 14.5 Å². The van der Waals surface area contributed by atoms with Crippen LogP contribution in [0, 0.1) is 23.2 Å². The van der Waals surface area contributed by atoms with Crippen molar-refractivity contribution in [1.29, 1.82) is 5.26 Å². The van der Waals surface area contributed by atoms with E-state index in [0.29, 0.717) is 29.5 Å². The zero-order chi connectivity index (χ0) is 19.1. The molecule has 28 heavy (non-hydrogen) atoms. The van der Waals surface area contributed by atoms with Crippen molar-refractivity contribution in [2.45, 2.75) is 31.1 Å². The van der Waals surface area contributed by atoms with Crippen LogP contribution in [0.4, 0.5) is 0 Å². The minimum absolute atomic E-state index is 0.0533. The highest BCUT2D eigenvalue weighted by Gasteiger charge is 2.62. The van der Waals surface area contributed by atoms with Gasteiger partial charge >= 0.3 is 0 Å². The summed E-state index contributed by atoms with van der Waals surface area (Å²) in [5.74, 6) is 0.725. The van der Waals surface area contributed by atoms with Crippen molar-refractivity contribution in [2.24, 2.45) is 11.8 Å². The monoisotopic (exact) mass is 377 g/mol. The van der Waals surface area contributed by atoms with E-state index in [1.807, 2.05) is 24.3 Å². The summed E-state index contributed by atoms with van der Waals surface area (Å²) in [5, 5.41) is 12.0. The van der Waals surface area contributed by atoms with Crippen LogP contribution in [-0.2, 0) is 11.3 Å². The highest BCUT2D eigenvalue weighted by molar-refractivity contribution is 5.93. The zero-order valence-electron chi connectivity index (χ0n) is 15.6. The van der Waals surface area contributed by atoms with E-state index in [1.165, 1.54) is 18.1 Å². The lowest BCUT2D eigenvalue weighted by atomic mass is 9.73. The third kappa shape index (κ3) is 2.92. The molecule has 1 N–H and O–H groups in total. The number of carbonyl (C=O) groups excluding carboxylic acids is 1. The Bertz CT molecular complexity index is 902. The Hall–Kier alpha value is -2.62. The molecule has 0 aliphatic carbocycles. The molecular formula is C22H23N3O3. The standard InChI is InChI=1S/C22H23N3O3/c23-9-15-1-3-16(4-2-15)11-25-12-19-18(20-5-7-22(19,14-25)28-20)10-24-21(26)17-6-8-27-13-17/h1-4,6,8,13,18-20H,5,7,10-12,14H2,(H,24,26)/t18-,19+,20+,22+/m0/s1. The van der Waals surface area contributed by atoms with Gasteiger partial charge in [-0.3, -0.25) is 9.69 Å². The van der Waals surface area contributed by atoms with Gasteiger partial charge in [0.25, 0.3) is 5.91 Å². The summed E-state index contributed by atoms with van der Waals surface area (Å²) in [6, 6.07) is 11.7. The summed E-state index contributed by atoms with van der Waals surface area (Å²) in [6.07, 6.45) is 5.43. The fourth-order valence-electron chi connectivity index (χ4n) is 5.33. The lowest BCUT2D eigenvalue weighted by Gasteiger charge is -2.29. The van der Waals surface area contributed by atoms with Crippen LogP contribution in [0.15, 0.2) is 47.3 Å². The molecule has 1 amide bonds. The molecule has 6 heteroatoms. The van der Waals surface area contributed by atoms with Crippen LogP contribution in [0.2, 0.25) is 0 Å². The number of likely N-dealkylation sites (tertiary alicyclic amines) is 1. The van der Waals surface area contributed by atoms with Crippen LogP contribution in [-0.4, -0.2) is 42.1 Å². The molecule has 1 spiro atoms. The number of fused-ring (bicyclic) bond motifs is 1. The third-order valence-electron chi connectivity index (χ3n) is 6.63. The summed E-state index contributed by atoms with van der Waals surface area (Å²) in [5.41, 5.74) is 2.42. The molecule has 3 aliphatic heterocycles. The van der Waals surface area contributed by atoms with Gasteiger partial charge in [-0.15, -0.1) is 0 Å². The van der Waals surface area contributed by atoms with Crippen LogP contribution in [0.5, 0.6) is 0 Å². The molecule has 1 aromatic heterocycles. The normalized spacial score (nSPS) is 30.9. The summed E-state index contributed by atoms with van der Waals surface area (Å²) >= 11 is 0. The van der Waals surface area contributed by atoms with Crippen LogP contribution in [0.3, 0.4) is 0 Å². The van der Waals surface area contributed by atoms with E-state index in [4.69, 9.17) is 14.4 Å². The molecule has 2 bridgehead atoms. The van der Waals surface area contributed by atoms with Crippen LogP contribution in [0.1, 0.15) is 34.3 Å². The molecule has 1 aromatic carbocycles. The maximum Gasteiger partial charge on any atom is 0.254 e. The van der Waals surface area contributed by atoms with Gasteiger partial charge in [0, 0.05) is 38.0 Å². The largest absolute Gasteiger partial charge is 0.472 e. The van der Waals surface area contributed by atoms with Gasteiger partial charge in [0.2, 0.25) is 0 Å². The number of nitrogens with zero attached hydrogens (tertiary/aromatic N) is 2. The molecule has 4 atom stereocenters. The first kappa shape index (κ1) is 17.5. The van der Waals surface area contributed by atoms with E-state index in [-0.39, 0.29) is 17.6 Å². The van der Waals surface area contributed by atoms with Gasteiger partial charge in [-0.2, -0.15) is 5.26 Å². The number of furan rings is 1. The molecule has 0 saturated carbocycles. The molecule has 3 aliphatic rings. The van der Waals surface area contributed by atoms with E-state index in [2.05, 4.69) is 16.3 Å². The first-order valence-corrected chi connectivity index (χ1v) is 9.86. The van der Waals surface area contributed by atoms with Gasteiger partial charge in [0.1, 0.15) is 6.26 Å². The lowest BCUT2D eigenvalue weighted by molar-refractivity contribution is 0.00212. The highest BCUT2D eigenvalue weighted by atomic mass is 16.5. The highest BCUT2D eigenvalue weighted by Crippen LogP contribution is 2.54. The number of nitriles is 1. The number of carbonyl (C=O) groups is 1. The number of benzene rings is 1. The number of hydrogen-bond donors (Lipinski definition) is 1. The van der Waals surface area contributed by atoms with Crippen molar-refractivity contribution in [3.63, 3.8) is 0 Å². The number of nitrogens with one attached hydrogen (secondary N) is 1. The molecule has 3 saturated heterocycles. The van der Waals surface area contributed by atoms with E-state index in [9.17, 15) is 4.79 Å². The third-order valence-corrected chi connectivity index (χ3v) is 6.63. The van der Waals surface area contributed by atoms with Gasteiger partial charge in [-0.05, 0) is 36.6 Å². The summed E-state index contributed by atoms with van der Waals surface area (Å²) in [7, 11) is 0. The van der Waals surface area contributed by atoms with Crippen molar-refractivity contribution in [1.82, 2.24) is 10.2 Å². The second-order valence-electron chi connectivity index (χ2n) is 8.23. The van der Waals surface area contributed by atoms with E-state index < -0.39 is 0 Å². The Morgan fingerprint density at radius 1 is 1.32 bits per heavy atom. The Balaban J connectivity index is 1.24. The number of ether oxygens (including phenoxy) is 1. The quantitative estimate of drug-likeness (QED) is 0.866. The summed E-state index contributed by atoms with van der Waals surface area (Å²) in [4.78, 5) is 14.7. The van der Waals surface area contributed by atoms with Gasteiger partial charge in [0.05, 0.1) is 35.2 Å². The van der Waals surface area contributed by atoms with Crippen molar-refractivity contribution in [3.8, 4) is 6.07 Å². The minimum atomic E-state index is -0.0852. The average Bonchev–Trinajstić information content (AvgIpc) is 3.47. The Morgan fingerprint density at radius 3 is 2.93 bits per heavy atom. The number of amides is 1. The number of rotatable bonds is 5. The van der Waals surface area contributed by atoms with Crippen LogP contribution in [0.25, 0.3) is 0 Å². The predicted octanol–water partition coefficient (Wildman–Crippen LogP) is 2.56. The molecule has 144 valence electrons. The van der Waals surface area contributed by atoms with Crippen molar-refractivity contribution in [2.75, 3.05) is 19.6 Å². The smallest absolute Gasteiger partial charge is 0.254 e. The minimum Gasteiger partial charge on any atom is -0.472 e. The van der Waals surface area contributed by atoms with Crippen LogP contribution < -0.4 is 5.32 Å². The van der Waals surface area contributed by atoms with Gasteiger partial charge in [-0.25, -0.2) is 0 Å². The molecule has 2 aromatic rings. The Morgan fingerprint density at radius 2 is 2.18 bits per heavy atom. The second kappa shape index (κ2) is 6.77. The SMILES string of the molecule is N#Cc1ccc(CN2C[C@@H]3[C@H](CNC(=O)c4ccoc4)[C@H]4CC[C@]3(C2)O4)cc1. The second-order valence-corrected chi connectivity index (χ2v) is 8.23. The van der Waals surface area contributed by atoms with Gasteiger partial charge in [-0.1, -0.05) is 12.1 Å².